The minimum absolute atomic E-state index is 1.01. The van der Waals surface area contributed by atoms with E-state index in [-0.39, 0.29) is 0 Å². The molecule has 3 rings (SSSR count). The third-order valence-electron chi connectivity index (χ3n) is 4.46. The fourth-order valence-corrected chi connectivity index (χ4v) is 7.51. The number of hydrogen-bond acceptors (Lipinski definition) is 1. The topological polar surface area (TPSA) is 12.0 Å². The van der Waals surface area contributed by atoms with Crippen molar-refractivity contribution in [2.45, 2.75) is 6.92 Å². The molecule has 3 aromatic rings. The molecule has 0 radical (unpaired) electrons. The Morgan fingerprint density at radius 3 is 1.33 bits per heavy atom. The molecule has 0 bridgehead atoms. The first-order chi connectivity index (χ1) is 11.9. The molecule has 2 heteroatoms. The number of hydrogen-bond donors (Lipinski definition) is 1. The molecular weight excluding hydrogens is 309 g/mol. The van der Waals surface area contributed by atoms with Crippen molar-refractivity contribution in [3.05, 3.63) is 91.0 Å². The van der Waals surface area contributed by atoms with E-state index in [1.807, 2.05) is 0 Å². The molecule has 3 aromatic carbocycles. The van der Waals surface area contributed by atoms with E-state index >= 15 is 0 Å². The maximum atomic E-state index is 3.54. The average Bonchev–Trinajstić information content (AvgIpc) is 2.68. The molecular formula is C22H25NP+. The molecule has 0 fully saturated rings. The second-order valence-corrected chi connectivity index (χ2v) is 9.51. The predicted octanol–water partition coefficient (Wildman–Crippen LogP) is 3.59. The van der Waals surface area contributed by atoms with Gasteiger partial charge in [0.15, 0.2) is 0 Å². The Kier molecular flexibility index (Phi) is 5.80. The van der Waals surface area contributed by atoms with Crippen molar-refractivity contribution in [3.8, 4) is 0 Å². The van der Waals surface area contributed by atoms with E-state index in [1.165, 1.54) is 15.9 Å². The van der Waals surface area contributed by atoms with Crippen molar-refractivity contribution < 1.29 is 0 Å². The van der Waals surface area contributed by atoms with Crippen LogP contribution < -0.4 is 21.2 Å². The summed E-state index contributed by atoms with van der Waals surface area (Å²) in [6.45, 7) is 4.22. The van der Waals surface area contributed by atoms with Gasteiger partial charge in [-0.15, -0.1) is 0 Å². The molecule has 1 nitrogen and oxygen atoms in total. The highest BCUT2D eigenvalue weighted by Crippen LogP contribution is 2.54. The Morgan fingerprint density at radius 2 is 1.00 bits per heavy atom. The van der Waals surface area contributed by atoms with E-state index in [9.17, 15) is 0 Å². The summed E-state index contributed by atoms with van der Waals surface area (Å²) in [5.74, 6) is 0. The second-order valence-electron chi connectivity index (χ2n) is 5.89. The summed E-state index contributed by atoms with van der Waals surface area (Å²) in [6, 6.07) is 33.2. The molecule has 0 saturated carbocycles. The Balaban J connectivity index is 2.20. The van der Waals surface area contributed by atoms with Gasteiger partial charge in [0, 0.05) is 6.54 Å². The van der Waals surface area contributed by atoms with Crippen LogP contribution in [0.5, 0.6) is 0 Å². The molecule has 0 aliphatic rings. The molecule has 0 saturated heterocycles. The van der Waals surface area contributed by atoms with Crippen LogP contribution in [0.2, 0.25) is 0 Å². The molecule has 0 atom stereocenters. The number of nitrogens with one attached hydrogen (secondary N) is 1. The molecule has 24 heavy (non-hydrogen) atoms. The van der Waals surface area contributed by atoms with Crippen LogP contribution in [-0.4, -0.2) is 19.3 Å². The molecule has 0 amide bonds. The maximum Gasteiger partial charge on any atom is 0.113 e. The Labute approximate surface area is 146 Å². The van der Waals surface area contributed by atoms with Crippen LogP contribution in [-0.2, 0) is 0 Å². The van der Waals surface area contributed by atoms with Gasteiger partial charge in [-0.3, -0.25) is 0 Å². The van der Waals surface area contributed by atoms with Crippen LogP contribution in [0.1, 0.15) is 6.92 Å². The standard InChI is InChI=1S/C22H25NP/c1-2-23-18-19-24(20-12-6-3-7-13-20,21-14-8-4-9-15-21)22-16-10-5-11-17-22/h3-17,23H,2,18-19H2,1H3/q+1. The maximum absolute atomic E-state index is 3.54. The minimum atomic E-state index is -1.65. The van der Waals surface area contributed by atoms with Crippen LogP contribution in [0.3, 0.4) is 0 Å². The summed E-state index contributed by atoms with van der Waals surface area (Å²) < 4.78 is 0. The predicted molar refractivity (Wildman–Crippen MR) is 109 cm³/mol. The highest BCUT2D eigenvalue weighted by Gasteiger charge is 2.44. The van der Waals surface area contributed by atoms with Crippen LogP contribution >= 0.6 is 7.26 Å². The first-order valence-corrected chi connectivity index (χ1v) is 10.6. The summed E-state index contributed by atoms with van der Waals surface area (Å²) in [5.41, 5.74) is 0. The van der Waals surface area contributed by atoms with Crippen LogP contribution in [0.25, 0.3) is 0 Å². The lowest BCUT2D eigenvalue weighted by atomic mass is 10.4. The Bertz CT molecular complexity index is 629. The summed E-state index contributed by atoms with van der Waals surface area (Å²) in [4.78, 5) is 0. The van der Waals surface area contributed by atoms with Crippen LogP contribution in [0, 0.1) is 0 Å². The SMILES string of the molecule is CCNCC[P+](c1ccccc1)(c1ccccc1)c1ccccc1. The molecule has 0 unspecified atom stereocenters. The molecule has 1 N–H and O–H groups in total. The lowest BCUT2D eigenvalue weighted by Gasteiger charge is -2.27. The number of rotatable bonds is 7. The summed E-state index contributed by atoms with van der Waals surface area (Å²) >= 11 is 0. The summed E-state index contributed by atoms with van der Waals surface area (Å²) in [6.07, 6.45) is 1.14. The van der Waals surface area contributed by atoms with Gasteiger partial charge in [-0.1, -0.05) is 61.5 Å². The van der Waals surface area contributed by atoms with Crippen molar-refractivity contribution >= 4 is 23.2 Å². The average molecular weight is 334 g/mol. The first kappa shape index (κ1) is 16.9. The first-order valence-electron chi connectivity index (χ1n) is 8.63. The van der Waals surface area contributed by atoms with Gasteiger partial charge in [-0.05, 0) is 42.9 Å². The molecule has 0 spiro atoms. The molecule has 0 heterocycles. The van der Waals surface area contributed by atoms with E-state index in [2.05, 4.69) is 103 Å². The Hall–Kier alpha value is -1.95. The van der Waals surface area contributed by atoms with Crippen molar-refractivity contribution in [1.82, 2.24) is 5.32 Å². The van der Waals surface area contributed by atoms with Crippen LogP contribution in [0.4, 0.5) is 0 Å². The second kappa shape index (κ2) is 8.24. The van der Waals surface area contributed by atoms with E-state index in [4.69, 9.17) is 0 Å². The van der Waals surface area contributed by atoms with Gasteiger partial charge in [0.05, 0.1) is 6.16 Å². The van der Waals surface area contributed by atoms with Gasteiger partial charge >= 0.3 is 0 Å². The molecule has 0 aliphatic heterocycles. The largest absolute Gasteiger partial charge is 0.313 e. The van der Waals surface area contributed by atoms with Gasteiger partial charge in [-0.2, -0.15) is 0 Å². The van der Waals surface area contributed by atoms with E-state index in [0.717, 1.165) is 19.3 Å². The van der Waals surface area contributed by atoms with Crippen molar-refractivity contribution in [2.24, 2.45) is 0 Å². The molecule has 122 valence electrons. The van der Waals surface area contributed by atoms with Gasteiger partial charge in [0.25, 0.3) is 0 Å². The van der Waals surface area contributed by atoms with E-state index in [1.54, 1.807) is 0 Å². The normalized spacial score (nSPS) is 11.4. The quantitative estimate of drug-likeness (QED) is 0.514. The highest BCUT2D eigenvalue weighted by atomic mass is 31.2. The zero-order chi connectivity index (χ0) is 16.7. The molecule has 0 aliphatic carbocycles. The minimum Gasteiger partial charge on any atom is -0.313 e. The Morgan fingerprint density at radius 1 is 0.625 bits per heavy atom. The highest BCUT2D eigenvalue weighted by molar-refractivity contribution is 7.95. The molecule has 0 aromatic heterocycles. The smallest absolute Gasteiger partial charge is 0.113 e. The van der Waals surface area contributed by atoms with Gasteiger partial charge in [-0.25, -0.2) is 0 Å². The third kappa shape index (κ3) is 3.43. The third-order valence-corrected chi connectivity index (χ3v) is 8.90. The summed E-state index contributed by atoms with van der Waals surface area (Å²) in [5, 5.41) is 7.92. The van der Waals surface area contributed by atoms with E-state index in [0.29, 0.717) is 0 Å². The van der Waals surface area contributed by atoms with E-state index < -0.39 is 7.26 Å². The van der Waals surface area contributed by atoms with Crippen molar-refractivity contribution in [1.29, 1.82) is 0 Å². The zero-order valence-electron chi connectivity index (χ0n) is 14.2. The summed E-state index contributed by atoms with van der Waals surface area (Å²) in [7, 11) is -1.65. The lowest BCUT2D eigenvalue weighted by molar-refractivity contribution is 0.766. The monoisotopic (exact) mass is 334 g/mol. The van der Waals surface area contributed by atoms with Crippen LogP contribution in [0.15, 0.2) is 91.0 Å². The van der Waals surface area contributed by atoms with Crippen molar-refractivity contribution in [2.75, 3.05) is 19.3 Å². The van der Waals surface area contributed by atoms with Crippen molar-refractivity contribution in [3.63, 3.8) is 0 Å². The van der Waals surface area contributed by atoms with Gasteiger partial charge in [0.1, 0.15) is 23.2 Å². The van der Waals surface area contributed by atoms with Gasteiger partial charge < -0.3 is 5.32 Å². The zero-order valence-corrected chi connectivity index (χ0v) is 15.1. The number of benzene rings is 3. The van der Waals surface area contributed by atoms with Gasteiger partial charge in [0.2, 0.25) is 0 Å². The lowest BCUT2D eigenvalue weighted by Crippen LogP contribution is -2.36. The fourth-order valence-electron chi connectivity index (χ4n) is 3.31. The fraction of sp³-hybridized carbons (Fsp3) is 0.182.